The van der Waals surface area contributed by atoms with E-state index in [0.717, 1.165) is 10.4 Å². The van der Waals surface area contributed by atoms with Gasteiger partial charge in [-0.2, -0.15) is 0 Å². The van der Waals surface area contributed by atoms with Crippen LogP contribution >= 0.6 is 0 Å². The van der Waals surface area contributed by atoms with Gasteiger partial charge >= 0.3 is 0 Å². The molecule has 0 unspecified atom stereocenters. The summed E-state index contributed by atoms with van der Waals surface area (Å²) in [5, 5.41) is 0. The van der Waals surface area contributed by atoms with Crippen molar-refractivity contribution in [3.63, 3.8) is 0 Å². The van der Waals surface area contributed by atoms with Gasteiger partial charge in [0.05, 0.1) is 17.1 Å². The van der Waals surface area contributed by atoms with Crippen molar-refractivity contribution in [2.24, 2.45) is 0 Å². The Labute approximate surface area is 145 Å². The van der Waals surface area contributed by atoms with Gasteiger partial charge in [-0.1, -0.05) is 42.5 Å². The second-order valence-corrected chi connectivity index (χ2v) is 7.26. The molecule has 6 heteroatoms. The molecule has 3 rings (SSSR count). The molecule has 0 saturated carbocycles. The molecule has 3 aromatic carbocycles. The highest BCUT2D eigenvalue weighted by molar-refractivity contribution is 7.92. The topological polar surface area (TPSA) is 37.4 Å². The standard InChI is InChI=1S/C19H15F2NO2S/c20-16-8-6-9-17(13-16)22(14-15-7-4-5-12-19(15)21)25(23,24)18-10-2-1-3-11-18/h1-13H,14H2. The van der Waals surface area contributed by atoms with Crippen LogP contribution < -0.4 is 4.31 Å². The van der Waals surface area contributed by atoms with Crippen LogP contribution in [0.1, 0.15) is 5.56 Å². The van der Waals surface area contributed by atoms with E-state index in [0.29, 0.717) is 0 Å². The first-order chi connectivity index (χ1) is 12.0. The van der Waals surface area contributed by atoms with E-state index < -0.39 is 21.7 Å². The molecule has 0 heterocycles. The van der Waals surface area contributed by atoms with Crippen molar-refractivity contribution in [3.05, 3.63) is 96.1 Å². The number of halogens is 2. The molecule has 0 aliphatic heterocycles. The first kappa shape index (κ1) is 17.1. The minimum Gasteiger partial charge on any atom is -0.262 e. The molecule has 0 aromatic heterocycles. The van der Waals surface area contributed by atoms with Gasteiger partial charge in [0.1, 0.15) is 11.6 Å². The molecule has 3 aromatic rings. The number of nitrogens with zero attached hydrogens (tertiary/aromatic N) is 1. The lowest BCUT2D eigenvalue weighted by atomic mass is 10.2. The van der Waals surface area contributed by atoms with E-state index in [1.165, 1.54) is 48.5 Å². The predicted octanol–water partition coefficient (Wildman–Crippen LogP) is 4.36. The van der Waals surface area contributed by atoms with Crippen LogP contribution in [0.15, 0.2) is 83.8 Å². The third-order valence-electron chi connectivity index (χ3n) is 3.70. The Morgan fingerprint density at radius 1 is 0.800 bits per heavy atom. The normalized spacial score (nSPS) is 11.3. The summed E-state index contributed by atoms with van der Waals surface area (Å²) in [7, 11) is -3.99. The number of benzene rings is 3. The molecule has 0 bridgehead atoms. The Hall–Kier alpha value is -2.73. The highest BCUT2D eigenvalue weighted by atomic mass is 32.2. The SMILES string of the molecule is O=S(=O)(c1ccccc1)N(Cc1ccccc1F)c1cccc(F)c1. The zero-order valence-electron chi connectivity index (χ0n) is 13.1. The molecule has 3 nitrogen and oxygen atoms in total. The molecular formula is C19H15F2NO2S. The van der Waals surface area contributed by atoms with Gasteiger partial charge in [0, 0.05) is 5.56 Å². The molecule has 25 heavy (non-hydrogen) atoms. The second-order valence-electron chi connectivity index (χ2n) is 5.40. The molecule has 0 N–H and O–H groups in total. The quantitative estimate of drug-likeness (QED) is 0.679. The van der Waals surface area contributed by atoms with Gasteiger partial charge in [0.15, 0.2) is 0 Å². The van der Waals surface area contributed by atoms with Crippen LogP contribution in [0.25, 0.3) is 0 Å². The molecule has 128 valence electrons. The maximum Gasteiger partial charge on any atom is 0.264 e. The van der Waals surface area contributed by atoms with E-state index >= 15 is 0 Å². The van der Waals surface area contributed by atoms with Gasteiger partial charge in [-0.3, -0.25) is 4.31 Å². The zero-order valence-corrected chi connectivity index (χ0v) is 14.0. The molecule has 0 amide bonds. The molecule has 0 atom stereocenters. The number of hydrogen-bond acceptors (Lipinski definition) is 2. The third kappa shape index (κ3) is 3.69. The van der Waals surface area contributed by atoms with E-state index in [2.05, 4.69) is 0 Å². The van der Waals surface area contributed by atoms with E-state index in [4.69, 9.17) is 0 Å². The van der Waals surface area contributed by atoms with Crippen LogP contribution in [0.2, 0.25) is 0 Å². The van der Waals surface area contributed by atoms with Gasteiger partial charge in [0.25, 0.3) is 10.0 Å². The minimum absolute atomic E-state index is 0.0515. The van der Waals surface area contributed by atoms with Gasteiger partial charge in [0.2, 0.25) is 0 Å². The van der Waals surface area contributed by atoms with Crippen molar-refractivity contribution in [2.75, 3.05) is 4.31 Å². The fourth-order valence-electron chi connectivity index (χ4n) is 2.45. The first-order valence-electron chi connectivity index (χ1n) is 7.55. The van der Waals surface area contributed by atoms with Gasteiger partial charge < -0.3 is 0 Å². The van der Waals surface area contributed by atoms with E-state index in [1.54, 1.807) is 24.3 Å². The second kappa shape index (κ2) is 7.03. The highest BCUT2D eigenvalue weighted by Gasteiger charge is 2.26. The fourth-order valence-corrected chi connectivity index (χ4v) is 3.90. The lowest BCUT2D eigenvalue weighted by Crippen LogP contribution is -2.31. The Kier molecular flexibility index (Phi) is 4.81. The van der Waals surface area contributed by atoms with Crippen molar-refractivity contribution in [2.45, 2.75) is 11.4 Å². The Balaban J connectivity index is 2.11. The van der Waals surface area contributed by atoms with Gasteiger partial charge in [-0.05, 0) is 36.4 Å². The van der Waals surface area contributed by atoms with E-state index in [1.807, 2.05) is 0 Å². The summed E-state index contributed by atoms with van der Waals surface area (Å²) in [5.74, 6) is -1.09. The van der Waals surface area contributed by atoms with Crippen LogP contribution in [-0.4, -0.2) is 8.42 Å². The van der Waals surface area contributed by atoms with Crippen LogP contribution in [-0.2, 0) is 16.6 Å². The molecule has 0 saturated heterocycles. The smallest absolute Gasteiger partial charge is 0.262 e. The molecule has 0 aliphatic rings. The van der Waals surface area contributed by atoms with Crippen molar-refractivity contribution < 1.29 is 17.2 Å². The highest BCUT2D eigenvalue weighted by Crippen LogP contribution is 2.27. The molecule has 0 fully saturated rings. The Morgan fingerprint density at radius 3 is 2.16 bits per heavy atom. The lowest BCUT2D eigenvalue weighted by Gasteiger charge is -2.25. The summed E-state index contributed by atoms with van der Waals surface area (Å²) < 4.78 is 54.8. The summed E-state index contributed by atoms with van der Waals surface area (Å²) in [4.78, 5) is 0.0515. The van der Waals surface area contributed by atoms with Gasteiger partial charge in [-0.25, -0.2) is 17.2 Å². The average molecular weight is 359 g/mol. The third-order valence-corrected chi connectivity index (χ3v) is 5.49. The van der Waals surface area contributed by atoms with Crippen LogP contribution in [0.4, 0.5) is 14.5 Å². The van der Waals surface area contributed by atoms with E-state index in [9.17, 15) is 17.2 Å². The maximum atomic E-state index is 14.0. The largest absolute Gasteiger partial charge is 0.264 e. The van der Waals surface area contributed by atoms with Gasteiger partial charge in [-0.15, -0.1) is 0 Å². The molecule has 0 aliphatic carbocycles. The zero-order chi connectivity index (χ0) is 17.9. The summed E-state index contributed by atoms with van der Waals surface area (Å²) in [6.45, 7) is -0.243. The maximum absolute atomic E-state index is 14.0. The number of hydrogen-bond donors (Lipinski definition) is 0. The number of anilines is 1. The minimum atomic E-state index is -3.99. The van der Waals surface area contributed by atoms with Crippen molar-refractivity contribution in [3.8, 4) is 0 Å². The average Bonchev–Trinajstić information content (AvgIpc) is 2.61. The van der Waals surface area contributed by atoms with E-state index in [-0.39, 0.29) is 22.7 Å². The summed E-state index contributed by atoms with van der Waals surface area (Å²) in [6.07, 6.45) is 0. The predicted molar refractivity (Wildman–Crippen MR) is 92.6 cm³/mol. The van der Waals surface area contributed by atoms with Crippen molar-refractivity contribution in [1.29, 1.82) is 0 Å². The van der Waals surface area contributed by atoms with Crippen LogP contribution in [0.3, 0.4) is 0 Å². The summed E-state index contributed by atoms with van der Waals surface area (Å²) >= 11 is 0. The Bertz CT molecular complexity index is 975. The first-order valence-corrected chi connectivity index (χ1v) is 8.99. The van der Waals surface area contributed by atoms with Crippen LogP contribution in [0, 0.1) is 11.6 Å². The van der Waals surface area contributed by atoms with Crippen LogP contribution in [0.5, 0.6) is 0 Å². The lowest BCUT2D eigenvalue weighted by molar-refractivity contribution is 0.584. The Morgan fingerprint density at radius 2 is 1.48 bits per heavy atom. The number of rotatable bonds is 5. The monoisotopic (exact) mass is 359 g/mol. The molecular weight excluding hydrogens is 344 g/mol. The fraction of sp³-hybridized carbons (Fsp3) is 0.0526. The van der Waals surface area contributed by atoms with Crippen molar-refractivity contribution >= 4 is 15.7 Å². The number of sulfonamides is 1. The molecule has 0 radical (unpaired) electrons. The molecule has 0 spiro atoms. The van der Waals surface area contributed by atoms with Crippen molar-refractivity contribution in [1.82, 2.24) is 0 Å². The summed E-state index contributed by atoms with van der Waals surface area (Å²) in [6, 6.07) is 18.9. The summed E-state index contributed by atoms with van der Waals surface area (Å²) in [5.41, 5.74) is 0.332.